The molecular formula is C23H23ClN2O3S. The molecule has 0 fully saturated rings. The first kappa shape index (κ1) is 22.0. The maximum Gasteiger partial charge on any atom is 0.283 e. The Labute approximate surface area is 186 Å². The molecule has 0 saturated carbocycles. The summed E-state index contributed by atoms with van der Waals surface area (Å²) in [5.41, 5.74) is 1.84. The Balaban J connectivity index is 1.92. The first-order chi connectivity index (χ1) is 14.4. The Morgan fingerprint density at radius 2 is 1.97 bits per heavy atom. The molecule has 0 radical (unpaired) electrons. The minimum atomic E-state index is -0.217. The lowest BCUT2D eigenvalue weighted by Gasteiger charge is -2.18. The molecule has 5 nitrogen and oxygen atoms in total. The average molecular weight is 443 g/mol. The number of hydrogen-bond donors (Lipinski definition) is 0. The van der Waals surface area contributed by atoms with Crippen molar-refractivity contribution in [3.63, 3.8) is 0 Å². The van der Waals surface area contributed by atoms with Crippen molar-refractivity contribution in [2.45, 2.75) is 20.0 Å². The maximum absolute atomic E-state index is 13.2. The molecule has 0 aromatic heterocycles. The van der Waals surface area contributed by atoms with Crippen LogP contribution in [0.3, 0.4) is 0 Å². The molecule has 1 heterocycles. The van der Waals surface area contributed by atoms with Gasteiger partial charge < -0.3 is 9.47 Å². The van der Waals surface area contributed by atoms with Gasteiger partial charge in [0.05, 0.1) is 23.9 Å². The summed E-state index contributed by atoms with van der Waals surface area (Å²) in [5.74, 6) is 1.74. The lowest BCUT2D eigenvalue weighted by molar-refractivity contribution is -0.113. The van der Waals surface area contributed by atoms with Gasteiger partial charge in [-0.1, -0.05) is 41.6 Å². The molecule has 0 saturated heterocycles. The summed E-state index contributed by atoms with van der Waals surface area (Å²) < 4.78 is 10.9. The van der Waals surface area contributed by atoms with E-state index in [1.54, 1.807) is 42.4 Å². The number of ether oxygens (including phenoxy) is 2. The fourth-order valence-corrected chi connectivity index (χ4v) is 3.82. The molecule has 1 aliphatic rings. The number of thioether (sulfide) groups is 1. The van der Waals surface area contributed by atoms with Crippen molar-refractivity contribution in [1.82, 2.24) is 0 Å². The van der Waals surface area contributed by atoms with Gasteiger partial charge in [-0.25, -0.2) is 4.99 Å². The Morgan fingerprint density at radius 3 is 2.57 bits per heavy atom. The highest BCUT2D eigenvalue weighted by Gasteiger charge is 2.32. The number of carbonyl (C=O) groups is 1. The van der Waals surface area contributed by atoms with Crippen LogP contribution in [0.25, 0.3) is 6.08 Å². The molecule has 7 heteroatoms. The number of aliphatic imine (C=N–C) groups is 1. The monoisotopic (exact) mass is 442 g/mol. The van der Waals surface area contributed by atoms with Crippen LogP contribution in [-0.4, -0.2) is 30.0 Å². The van der Waals surface area contributed by atoms with E-state index in [1.165, 1.54) is 11.8 Å². The third-order valence-corrected chi connectivity index (χ3v) is 5.34. The van der Waals surface area contributed by atoms with Gasteiger partial charge in [0.25, 0.3) is 5.91 Å². The molecule has 2 aromatic carbocycles. The third-order valence-electron chi connectivity index (χ3n) is 4.11. The molecule has 1 aliphatic heterocycles. The standard InChI is InChI=1S/C23H23ClN2O3S/c1-5-12-30-23-25-20(13-16-6-9-18(10-7-16)29-15(2)3)22(27)26(23)17-8-11-21(28-4)19(24)14-17/h5-11,13-15H,1,12H2,2-4H3. The predicted octanol–water partition coefficient (Wildman–Crippen LogP) is 5.80. The number of anilines is 1. The smallest absolute Gasteiger partial charge is 0.283 e. The zero-order valence-corrected chi connectivity index (χ0v) is 18.7. The van der Waals surface area contributed by atoms with Gasteiger partial charge in [0, 0.05) is 5.75 Å². The van der Waals surface area contributed by atoms with E-state index in [9.17, 15) is 4.79 Å². The quantitative estimate of drug-likeness (QED) is 0.401. The van der Waals surface area contributed by atoms with E-state index in [0.717, 1.165) is 11.3 Å². The van der Waals surface area contributed by atoms with Gasteiger partial charge in [-0.2, -0.15) is 0 Å². The summed E-state index contributed by atoms with van der Waals surface area (Å²) >= 11 is 7.70. The fourth-order valence-electron chi connectivity index (χ4n) is 2.82. The Bertz CT molecular complexity index is 1000. The zero-order chi connectivity index (χ0) is 21.7. The molecule has 2 aromatic rings. The van der Waals surface area contributed by atoms with Crippen LogP contribution < -0.4 is 14.4 Å². The summed E-state index contributed by atoms with van der Waals surface area (Å²) in [7, 11) is 1.55. The van der Waals surface area contributed by atoms with Crippen molar-refractivity contribution < 1.29 is 14.3 Å². The van der Waals surface area contributed by atoms with Gasteiger partial charge >= 0.3 is 0 Å². The lowest BCUT2D eigenvalue weighted by atomic mass is 10.2. The van der Waals surface area contributed by atoms with E-state index < -0.39 is 0 Å². The van der Waals surface area contributed by atoms with Crippen molar-refractivity contribution in [3.05, 3.63) is 71.4 Å². The molecule has 0 atom stereocenters. The molecule has 0 aliphatic carbocycles. The summed E-state index contributed by atoms with van der Waals surface area (Å²) in [4.78, 5) is 19.3. The van der Waals surface area contributed by atoms with Crippen molar-refractivity contribution in [2.75, 3.05) is 17.8 Å². The van der Waals surface area contributed by atoms with Crippen LogP contribution in [0.1, 0.15) is 19.4 Å². The molecule has 0 N–H and O–H groups in total. The molecular weight excluding hydrogens is 420 g/mol. The van der Waals surface area contributed by atoms with Gasteiger partial charge in [0.1, 0.15) is 17.2 Å². The van der Waals surface area contributed by atoms with E-state index >= 15 is 0 Å². The predicted molar refractivity (Wildman–Crippen MR) is 126 cm³/mol. The van der Waals surface area contributed by atoms with Crippen molar-refractivity contribution in [3.8, 4) is 11.5 Å². The minimum absolute atomic E-state index is 0.101. The summed E-state index contributed by atoms with van der Waals surface area (Å²) in [6, 6.07) is 12.8. The number of nitrogens with zero attached hydrogens (tertiary/aromatic N) is 2. The Hall–Kier alpha value is -2.70. The average Bonchev–Trinajstić information content (AvgIpc) is 3.02. The first-order valence-corrected chi connectivity index (χ1v) is 10.8. The van der Waals surface area contributed by atoms with Gasteiger partial charge in [0.2, 0.25) is 0 Å². The van der Waals surface area contributed by atoms with Crippen molar-refractivity contribution in [2.24, 2.45) is 4.99 Å². The number of halogens is 1. The van der Waals surface area contributed by atoms with Crippen LogP contribution in [0.2, 0.25) is 5.02 Å². The SMILES string of the molecule is C=CCSC1=NC(=Cc2ccc(OC(C)C)cc2)C(=O)N1c1ccc(OC)c(Cl)c1. The van der Waals surface area contributed by atoms with E-state index in [1.807, 2.05) is 38.1 Å². The molecule has 1 amide bonds. The highest BCUT2D eigenvalue weighted by Crippen LogP contribution is 2.34. The van der Waals surface area contributed by atoms with Crippen LogP contribution in [0, 0.1) is 0 Å². The largest absolute Gasteiger partial charge is 0.495 e. The highest BCUT2D eigenvalue weighted by molar-refractivity contribution is 8.14. The van der Waals surface area contributed by atoms with Crippen LogP contribution in [-0.2, 0) is 4.79 Å². The fraction of sp³-hybridized carbons (Fsp3) is 0.217. The number of hydrogen-bond acceptors (Lipinski definition) is 5. The van der Waals surface area contributed by atoms with Gasteiger partial charge in [-0.15, -0.1) is 6.58 Å². The van der Waals surface area contributed by atoms with Gasteiger partial charge in [-0.05, 0) is 55.8 Å². The molecule has 156 valence electrons. The normalized spacial score (nSPS) is 15.0. The van der Waals surface area contributed by atoms with E-state index in [2.05, 4.69) is 11.6 Å². The van der Waals surface area contributed by atoms with Crippen LogP contribution in [0.4, 0.5) is 5.69 Å². The van der Waals surface area contributed by atoms with E-state index in [4.69, 9.17) is 21.1 Å². The second kappa shape index (κ2) is 9.87. The molecule has 0 bridgehead atoms. The summed E-state index contributed by atoms with van der Waals surface area (Å²) in [6.45, 7) is 7.70. The van der Waals surface area contributed by atoms with Crippen LogP contribution >= 0.6 is 23.4 Å². The maximum atomic E-state index is 13.2. The number of benzene rings is 2. The second-order valence-electron chi connectivity index (χ2n) is 6.72. The summed E-state index contributed by atoms with van der Waals surface area (Å²) in [5, 5.41) is 1.00. The molecule has 0 spiro atoms. The number of amidine groups is 1. The second-order valence-corrected chi connectivity index (χ2v) is 8.11. The topological polar surface area (TPSA) is 51.1 Å². The first-order valence-electron chi connectivity index (χ1n) is 9.41. The lowest BCUT2D eigenvalue weighted by Crippen LogP contribution is -2.30. The zero-order valence-electron chi connectivity index (χ0n) is 17.1. The number of carbonyl (C=O) groups excluding carboxylic acids is 1. The van der Waals surface area contributed by atoms with Crippen molar-refractivity contribution >= 4 is 46.2 Å². The minimum Gasteiger partial charge on any atom is -0.495 e. The molecule has 30 heavy (non-hydrogen) atoms. The Morgan fingerprint density at radius 1 is 1.23 bits per heavy atom. The number of methoxy groups -OCH3 is 1. The Kier molecular flexibility index (Phi) is 7.24. The highest BCUT2D eigenvalue weighted by atomic mass is 35.5. The molecule has 3 rings (SSSR count). The molecule has 0 unspecified atom stereocenters. The van der Waals surface area contributed by atoms with Gasteiger partial charge in [0.15, 0.2) is 5.17 Å². The van der Waals surface area contributed by atoms with Crippen LogP contribution in [0.5, 0.6) is 11.5 Å². The number of amides is 1. The van der Waals surface area contributed by atoms with E-state index in [-0.39, 0.29) is 12.0 Å². The third kappa shape index (κ3) is 5.07. The number of rotatable bonds is 7. The van der Waals surface area contributed by atoms with Crippen molar-refractivity contribution in [1.29, 1.82) is 0 Å². The van der Waals surface area contributed by atoms with Crippen LogP contribution in [0.15, 0.2) is 65.8 Å². The van der Waals surface area contributed by atoms with E-state index in [0.29, 0.717) is 33.1 Å². The summed E-state index contributed by atoms with van der Waals surface area (Å²) in [6.07, 6.45) is 3.64. The van der Waals surface area contributed by atoms with Gasteiger partial charge in [-0.3, -0.25) is 9.69 Å².